The van der Waals surface area contributed by atoms with E-state index in [2.05, 4.69) is 14.9 Å². The molecular formula is C22H21F3N2O6. The summed E-state index contributed by atoms with van der Waals surface area (Å²) in [6.07, 6.45) is -5.70. The van der Waals surface area contributed by atoms with Crippen molar-refractivity contribution in [3.05, 3.63) is 59.9 Å². The Balaban J connectivity index is 1.55. The van der Waals surface area contributed by atoms with Gasteiger partial charge in [-0.05, 0) is 55.8 Å². The predicted octanol–water partition coefficient (Wildman–Crippen LogP) is 4.63. The molecule has 0 saturated heterocycles. The maximum atomic E-state index is 12.2. The lowest BCUT2D eigenvalue weighted by atomic mass is 10.1. The van der Waals surface area contributed by atoms with Gasteiger partial charge in [0.15, 0.2) is 12.7 Å². The molecular weight excluding hydrogens is 445 g/mol. The van der Waals surface area contributed by atoms with E-state index in [1.807, 2.05) is 0 Å². The van der Waals surface area contributed by atoms with Gasteiger partial charge < -0.3 is 23.8 Å². The Labute approximate surface area is 186 Å². The van der Waals surface area contributed by atoms with Crippen LogP contribution in [-0.2, 0) is 22.6 Å². The quantitative estimate of drug-likeness (QED) is 0.461. The highest BCUT2D eigenvalue weighted by molar-refractivity contribution is 5.72. The monoisotopic (exact) mass is 466 g/mol. The predicted molar refractivity (Wildman–Crippen MR) is 109 cm³/mol. The summed E-state index contributed by atoms with van der Waals surface area (Å²) in [5.74, 6) is -0.522. The smallest absolute Gasteiger partial charge is 0.485 e. The van der Waals surface area contributed by atoms with Gasteiger partial charge in [-0.3, -0.25) is 0 Å². The molecule has 1 aromatic heterocycles. The molecule has 0 bridgehead atoms. The van der Waals surface area contributed by atoms with E-state index < -0.39 is 18.4 Å². The molecule has 11 heteroatoms. The summed E-state index contributed by atoms with van der Waals surface area (Å²) in [5, 5.41) is 13.1. The molecule has 0 aliphatic carbocycles. The first-order valence-electron chi connectivity index (χ1n) is 9.88. The summed E-state index contributed by atoms with van der Waals surface area (Å²) in [4.78, 5) is 15.5. The Bertz CT molecular complexity index is 1050. The summed E-state index contributed by atoms with van der Waals surface area (Å²) in [5.41, 5.74) is 1.19. The van der Waals surface area contributed by atoms with E-state index in [0.717, 1.165) is 17.7 Å². The van der Waals surface area contributed by atoms with E-state index >= 15 is 0 Å². The van der Waals surface area contributed by atoms with E-state index in [0.29, 0.717) is 11.3 Å². The van der Waals surface area contributed by atoms with Crippen molar-refractivity contribution >= 4 is 5.97 Å². The lowest BCUT2D eigenvalue weighted by Gasteiger charge is -2.16. The van der Waals surface area contributed by atoms with Crippen molar-refractivity contribution in [2.45, 2.75) is 45.4 Å². The number of carbonyl (C=O) groups is 1. The number of carboxylic acid groups (broad SMARTS) is 1. The van der Waals surface area contributed by atoms with E-state index in [1.165, 1.54) is 12.1 Å². The normalized spacial score (nSPS) is 12.5. The van der Waals surface area contributed by atoms with Crippen LogP contribution < -0.4 is 9.47 Å². The number of ether oxygens (including phenoxy) is 3. The second kappa shape index (κ2) is 10.3. The minimum atomic E-state index is -4.77. The average molecular weight is 466 g/mol. The van der Waals surface area contributed by atoms with E-state index in [-0.39, 0.29) is 36.6 Å². The van der Waals surface area contributed by atoms with Gasteiger partial charge in [0.05, 0.1) is 6.10 Å². The molecule has 8 nitrogen and oxygen atoms in total. The van der Waals surface area contributed by atoms with Gasteiger partial charge in [0.2, 0.25) is 5.82 Å². The molecule has 1 atom stereocenters. The van der Waals surface area contributed by atoms with Crippen molar-refractivity contribution < 1.29 is 41.8 Å². The molecule has 0 radical (unpaired) electrons. The number of aliphatic carboxylic acids is 1. The van der Waals surface area contributed by atoms with Gasteiger partial charge in [-0.25, -0.2) is 4.79 Å². The molecule has 0 spiro atoms. The molecule has 0 aliphatic rings. The number of rotatable bonds is 10. The fourth-order valence-electron chi connectivity index (χ4n) is 2.83. The average Bonchev–Trinajstić information content (AvgIpc) is 3.21. The molecule has 0 saturated carbocycles. The zero-order chi connectivity index (χ0) is 24.0. The third-order valence-corrected chi connectivity index (χ3v) is 4.23. The first kappa shape index (κ1) is 24.1. The molecule has 0 fully saturated rings. The van der Waals surface area contributed by atoms with Gasteiger partial charge in [0, 0.05) is 12.0 Å². The Morgan fingerprint density at radius 1 is 1.06 bits per heavy atom. The van der Waals surface area contributed by atoms with Gasteiger partial charge >= 0.3 is 12.3 Å². The zero-order valence-corrected chi connectivity index (χ0v) is 17.7. The van der Waals surface area contributed by atoms with Gasteiger partial charge in [-0.15, -0.1) is 13.2 Å². The van der Waals surface area contributed by atoms with Crippen LogP contribution in [0.5, 0.6) is 11.5 Å². The highest BCUT2D eigenvalue weighted by atomic mass is 19.4. The number of aromatic nitrogens is 2. The molecule has 1 N–H and O–H groups in total. The zero-order valence-electron chi connectivity index (χ0n) is 17.7. The summed E-state index contributed by atoms with van der Waals surface area (Å²) in [6.45, 7) is 3.54. The molecule has 1 unspecified atom stereocenters. The number of benzene rings is 2. The Hall–Kier alpha value is -3.60. The van der Waals surface area contributed by atoms with Crippen molar-refractivity contribution in [1.82, 2.24) is 10.1 Å². The van der Waals surface area contributed by atoms with Gasteiger partial charge in [0.25, 0.3) is 5.89 Å². The third-order valence-electron chi connectivity index (χ3n) is 4.23. The summed E-state index contributed by atoms with van der Waals surface area (Å²) >= 11 is 0. The molecule has 3 rings (SSSR count). The van der Waals surface area contributed by atoms with Crippen molar-refractivity contribution in [2.24, 2.45) is 0 Å². The number of hydrogen-bond acceptors (Lipinski definition) is 7. The number of alkyl halides is 3. The van der Waals surface area contributed by atoms with Crippen LogP contribution in [0.3, 0.4) is 0 Å². The standard InChI is InChI=1S/C22H21F3N2O6/c1-13(2)31-18(21(28)29)11-14-3-7-16(8-4-14)30-12-19-26-20(33-27-19)15-5-9-17(10-6-15)32-22(23,24)25/h3-10,13,18H,11-12H2,1-2H3,(H,28,29). The largest absolute Gasteiger partial charge is 0.573 e. The Morgan fingerprint density at radius 2 is 1.70 bits per heavy atom. The van der Waals surface area contributed by atoms with Crippen LogP contribution in [0, 0.1) is 0 Å². The highest BCUT2D eigenvalue weighted by Gasteiger charge is 2.31. The Kier molecular flexibility index (Phi) is 7.54. The first-order chi connectivity index (χ1) is 15.6. The van der Waals surface area contributed by atoms with Crippen LogP contribution in [-0.4, -0.2) is 39.8 Å². The van der Waals surface area contributed by atoms with Crippen LogP contribution >= 0.6 is 0 Å². The molecule has 1 heterocycles. The van der Waals surface area contributed by atoms with Crippen molar-refractivity contribution in [3.8, 4) is 23.0 Å². The maximum absolute atomic E-state index is 12.2. The maximum Gasteiger partial charge on any atom is 0.573 e. The van der Waals surface area contributed by atoms with Crippen LogP contribution in [0.1, 0.15) is 25.2 Å². The van der Waals surface area contributed by atoms with Gasteiger partial charge in [-0.2, -0.15) is 4.98 Å². The SMILES string of the molecule is CC(C)OC(Cc1ccc(OCc2noc(-c3ccc(OC(F)(F)F)cc3)n2)cc1)C(=O)O. The molecule has 176 valence electrons. The second-order valence-electron chi connectivity index (χ2n) is 7.24. The molecule has 33 heavy (non-hydrogen) atoms. The van der Waals surface area contributed by atoms with Gasteiger partial charge in [-0.1, -0.05) is 17.3 Å². The molecule has 3 aromatic rings. The first-order valence-corrected chi connectivity index (χ1v) is 9.88. The fraction of sp³-hybridized carbons (Fsp3) is 0.318. The van der Waals surface area contributed by atoms with Crippen molar-refractivity contribution in [1.29, 1.82) is 0 Å². The Morgan fingerprint density at radius 3 is 2.27 bits per heavy atom. The molecule has 0 aliphatic heterocycles. The van der Waals surface area contributed by atoms with Crippen LogP contribution in [0.25, 0.3) is 11.5 Å². The van der Waals surface area contributed by atoms with E-state index in [1.54, 1.807) is 38.1 Å². The van der Waals surface area contributed by atoms with E-state index in [9.17, 15) is 23.1 Å². The van der Waals surface area contributed by atoms with Crippen LogP contribution in [0.4, 0.5) is 13.2 Å². The number of carboxylic acids is 1. The number of hydrogen-bond donors (Lipinski definition) is 1. The molecule has 2 aromatic carbocycles. The topological polar surface area (TPSA) is 104 Å². The fourth-order valence-corrected chi connectivity index (χ4v) is 2.83. The lowest BCUT2D eigenvalue weighted by molar-refractivity contribution is -0.274. The minimum absolute atomic E-state index is 0.00761. The minimum Gasteiger partial charge on any atom is -0.485 e. The number of nitrogens with zero attached hydrogens (tertiary/aromatic N) is 2. The molecule has 0 amide bonds. The van der Waals surface area contributed by atoms with Crippen LogP contribution in [0.2, 0.25) is 0 Å². The second-order valence-corrected chi connectivity index (χ2v) is 7.24. The number of halogens is 3. The summed E-state index contributed by atoms with van der Waals surface area (Å²) in [6, 6.07) is 11.9. The highest BCUT2D eigenvalue weighted by Crippen LogP contribution is 2.26. The third kappa shape index (κ3) is 7.49. The van der Waals surface area contributed by atoms with E-state index in [4.69, 9.17) is 14.0 Å². The van der Waals surface area contributed by atoms with Gasteiger partial charge in [0.1, 0.15) is 11.5 Å². The van der Waals surface area contributed by atoms with Crippen LogP contribution in [0.15, 0.2) is 53.1 Å². The van der Waals surface area contributed by atoms with Crippen molar-refractivity contribution in [3.63, 3.8) is 0 Å². The summed E-state index contributed by atoms with van der Waals surface area (Å²) in [7, 11) is 0. The summed E-state index contributed by atoms with van der Waals surface area (Å²) < 4.78 is 56.7. The lowest BCUT2D eigenvalue weighted by Crippen LogP contribution is -2.29. The van der Waals surface area contributed by atoms with Crippen molar-refractivity contribution in [2.75, 3.05) is 0 Å².